The van der Waals surface area contributed by atoms with Gasteiger partial charge in [-0.2, -0.15) is 0 Å². The molecule has 8 aromatic carbocycles. The molecule has 0 saturated carbocycles. The number of nitrogens with zero attached hydrogens (tertiary/aromatic N) is 1. The monoisotopic (exact) mass is 627 g/mol. The maximum Gasteiger partial charge on any atom is 0.0570 e. The number of rotatable bonds is 3. The summed E-state index contributed by atoms with van der Waals surface area (Å²) in [7, 11) is 0. The average molecular weight is 628 g/mol. The summed E-state index contributed by atoms with van der Waals surface area (Å²) < 4.78 is 0. The molecule has 0 atom stereocenters. The number of aryl methyl sites for hydroxylation is 1. The third-order valence-corrected chi connectivity index (χ3v) is 11.3. The summed E-state index contributed by atoms with van der Waals surface area (Å²) in [5.74, 6) is 0. The minimum atomic E-state index is -0.0703. The van der Waals surface area contributed by atoms with Gasteiger partial charge in [0.25, 0.3) is 0 Å². The van der Waals surface area contributed by atoms with Gasteiger partial charge >= 0.3 is 0 Å². The van der Waals surface area contributed by atoms with Gasteiger partial charge in [-0.3, -0.25) is 0 Å². The van der Waals surface area contributed by atoms with E-state index < -0.39 is 0 Å². The molecular formula is C48H37N. The van der Waals surface area contributed by atoms with Crippen LogP contribution in [0.25, 0.3) is 65.7 Å². The van der Waals surface area contributed by atoms with E-state index in [1.165, 1.54) is 93.8 Å². The third kappa shape index (κ3) is 4.18. The average Bonchev–Trinajstić information content (AvgIpc) is 3.38. The van der Waals surface area contributed by atoms with Crippen LogP contribution < -0.4 is 4.90 Å². The first kappa shape index (κ1) is 28.4. The SMILES string of the molecule is CC1(C)c2ccccc2-c2ccc(-c3c4ccccc4c(N4CCCc5ccccc54)c4ccc(-c5cccc6ccccc56)cc34)cc21. The van der Waals surface area contributed by atoms with Crippen molar-refractivity contribution >= 4 is 43.7 Å². The summed E-state index contributed by atoms with van der Waals surface area (Å²) in [6, 6.07) is 57.0. The first-order valence-corrected chi connectivity index (χ1v) is 17.6. The Labute approximate surface area is 288 Å². The summed E-state index contributed by atoms with van der Waals surface area (Å²) in [6.45, 7) is 5.77. The molecule has 0 unspecified atom stereocenters. The second kappa shape index (κ2) is 10.7. The molecule has 0 amide bonds. The highest BCUT2D eigenvalue weighted by atomic mass is 15.1. The van der Waals surface area contributed by atoms with E-state index in [1.807, 2.05) is 0 Å². The van der Waals surface area contributed by atoms with E-state index in [0.29, 0.717) is 0 Å². The zero-order valence-electron chi connectivity index (χ0n) is 28.0. The molecule has 0 saturated heterocycles. The van der Waals surface area contributed by atoms with Crippen LogP contribution in [0.2, 0.25) is 0 Å². The quantitative estimate of drug-likeness (QED) is 0.176. The van der Waals surface area contributed by atoms with Crippen molar-refractivity contribution < 1.29 is 0 Å². The Kier molecular flexibility index (Phi) is 6.18. The number of hydrogen-bond donors (Lipinski definition) is 0. The van der Waals surface area contributed by atoms with Crippen LogP contribution in [-0.4, -0.2) is 6.54 Å². The van der Waals surface area contributed by atoms with Crippen LogP contribution in [0.3, 0.4) is 0 Å². The lowest BCUT2D eigenvalue weighted by atomic mass is 9.80. The topological polar surface area (TPSA) is 3.24 Å². The number of hydrogen-bond acceptors (Lipinski definition) is 1. The van der Waals surface area contributed by atoms with Crippen LogP contribution in [0, 0.1) is 0 Å². The Balaban J connectivity index is 1.30. The smallest absolute Gasteiger partial charge is 0.0570 e. The molecule has 1 heteroatoms. The van der Waals surface area contributed by atoms with Gasteiger partial charge in [0.2, 0.25) is 0 Å². The Morgan fingerprint density at radius 1 is 0.490 bits per heavy atom. The molecule has 2 aliphatic rings. The van der Waals surface area contributed by atoms with Crippen LogP contribution in [0.5, 0.6) is 0 Å². The van der Waals surface area contributed by atoms with E-state index in [2.05, 4.69) is 170 Å². The van der Waals surface area contributed by atoms with Crippen molar-refractivity contribution in [3.05, 3.63) is 168 Å². The van der Waals surface area contributed by atoms with Gasteiger partial charge in [0, 0.05) is 28.4 Å². The fourth-order valence-corrected chi connectivity index (χ4v) is 9.03. The fourth-order valence-electron chi connectivity index (χ4n) is 9.03. The predicted octanol–water partition coefficient (Wildman–Crippen LogP) is 12.9. The minimum Gasteiger partial charge on any atom is -0.340 e. The van der Waals surface area contributed by atoms with Gasteiger partial charge in [0.15, 0.2) is 0 Å². The van der Waals surface area contributed by atoms with Crippen LogP contribution in [-0.2, 0) is 11.8 Å². The normalized spacial score (nSPS) is 14.6. The van der Waals surface area contributed by atoms with Crippen LogP contribution in [0.15, 0.2) is 152 Å². The van der Waals surface area contributed by atoms with Gasteiger partial charge in [-0.1, -0.05) is 147 Å². The van der Waals surface area contributed by atoms with Gasteiger partial charge in [0.1, 0.15) is 0 Å². The third-order valence-electron chi connectivity index (χ3n) is 11.3. The highest BCUT2D eigenvalue weighted by Crippen LogP contribution is 2.52. The molecular weight excluding hydrogens is 591 g/mol. The zero-order valence-corrected chi connectivity index (χ0v) is 28.0. The zero-order chi connectivity index (χ0) is 32.7. The van der Waals surface area contributed by atoms with Crippen molar-refractivity contribution in [2.45, 2.75) is 32.1 Å². The van der Waals surface area contributed by atoms with E-state index in [-0.39, 0.29) is 5.41 Å². The summed E-state index contributed by atoms with van der Waals surface area (Å²) >= 11 is 0. The van der Waals surface area contributed by atoms with E-state index in [9.17, 15) is 0 Å². The molecule has 10 rings (SSSR count). The van der Waals surface area contributed by atoms with Crippen LogP contribution in [0.4, 0.5) is 11.4 Å². The fraction of sp³-hybridized carbons (Fsp3) is 0.125. The standard InChI is InChI=1S/C48H37N/c1-48(2)43-22-9-8-18-37(43)38-26-25-34(30-44(38)48)46-39-19-6-7-20-40(39)47(49-28-12-16-32-14-4-10-23-45(32)49)41-27-24-33(29-42(41)46)36-21-11-15-31-13-3-5-17-35(31)36/h3-11,13-15,17-27,29-30H,12,16,28H2,1-2H3. The largest absolute Gasteiger partial charge is 0.340 e. The molecule has 0 N–H and O–H groups in total. The van der Waals surface area contributed by atoms with Crippen LogP contribution >= 0.6 is 0 Å². The first-order valence-electron chi connectivity index (χ1n) is 17.6. The minimum absolute atomic E-state index is 0.0703. The molecule has 0 bridgehead atoms. The Hall–Kier alpha value is -5.66. The summed E-state index contributed by atoms with van der Waals surface area (Å²) in [6.07, 6.45) is 2.27. The van der Waals surface area contributed by atoms with E-state index in [1.54, 1.807) is 0 Å². The van der Waals surface area contributed by atoms with Crippen molar-refractivity contribution in [3.63, 3.8) is 0 Å². The molecule has 0 radical (unpaired) electrons. The van der Waals surface area contributed by atoms with Crippen molar-refractivity contribution in [1.29, 1.82) is 0 Å². The maximum absolute atomic E-state index is 2.60. The van der Waals surface area contributed by atoms with E-state index in [4.69, 9.17) is 0 Å². The van der Waals surface area contributed by atoms with Crippen molar-refractivity contribution in [1.82, 2.24) is 0 Å². The van der Waals surface area contributed by atoms with Crippen molar-refractivity contribution in [3.8, 4) is 33.4 Å². The lowest BCUT2D eigenvalue weighted by Crippen LogP contribution is -2.25. The molecule has 0 fully saturated rings. The van der Waals surface area contributed by atoms with Gasteiger partial charge in [0.05, 0.1) is 5.69 Å². The molecule has 1 nitrogen and oxygen atoms in total. The summed E-state index contributed by atoms with van der Waals surface area (Å²) in [5, 5.41) is 7.77. The number of fused-ring (bicyclic) bond motifs is 7. The predicted molar refractivity (Wildman–Crippen MR) is 209 cm³/mol. The lowest BCUT2D eigenvalue weighted by Gasteiger charge is -2.34. The molecule has 8 aromatic rings. The molecule has 1 heterocycles. The van der Waals surface area contributed by atoms with E-state index in [0.717, 1.165) is 19.4 Å². The summed E-state index contributed by atoms with van der Waals surface area (Å²) in [4.78, 5) is 2.60. The highest BCUT2D eigenvalue weighted by molar-refractivity contribution is 6.22. The van der Waals surface area contributed by atoms with Gasteiger partial charge in [-0.25, -0.2) is 0 Å². The molecule has 0 aromatic heterocycles. The number of benzene rings is 8. The van der Waals surface area contributed by atoms with Crippen molar-refractivity contribution in [2.24, 2.45) is 0 Å². The number of anilines is 2. The van der Waals surface area contributed by atoms with Gasteiger partial charge < -0.3 is 4.90 Å². The Bertz CT molecular complexity index is 2620. The highest BCUT2D eigenvalue weighted by Gasteiger charge is 2.35. The molecule has 0 spiro atoms. The first-order chi connectivity index (χ1) is 24.1. The van der Waals surface area contributed by atoms with Gasteiger partial charge in [-0.15, -0.1) is 0 Å². The van der Waals surface area contributed by atoms with Crippen molar-refractivity contribution in [2.75, 3.05) is 11.4 Å². The van der Waals surface area contributed by atoms with Gasteiger partial charge in [-0.05, 0) is 103 Å². The molecule has 1 aliphatic carbocycles. The summed E-state index contributed by atoms with van der Waals surface area (Å²) in [5.41, 5.74) is 14.7. The molecule has 234 valence electrons. The Morgan fingerprint density at radius 3 is 2.08 bits per heavy atom. The van der Waals surface area contributed by atoms with E-state index >= 15 is 0 Å². The molecule has 49 heavy (non-hydrogen) atoms. The number of para-hydroxylation sites is 1. The maximum atomic E-state index is 2.60. The molecule has 1 aliphatic heterocycles. The second-order valence-electron chi connectivity index (χ2n) is 14.4. The lowest BCUT2D eigenvalue weighted by molar-refractivity contribution is 0.660. The van der Waals surface area contributed by atoms with Crippen LogP contribution in [0.1, 0.15) is 37.0 Å². The Morgan fingerprint density at radius 2 is 1.16 bits per heavy atom. The second-order valence-corrected chi connectivity index (χ2v) is 14.4.